The molecule has 0 bridgehead atoms. The van der Waals surface area contributed by atoms with Gasteiger partial charge in [0.05, 0.1) is 9.21 Å². The Kier molecular flexibility index (Phi) is 3.84. The van der Waals surface area contributed by atoms with Crippen molar-refractivity contribution in [1.82, 2.24) is 5.32 Å². The largest absolute Gasteiger partial charge is 0.396 e. The average molecular weight is 260 g/mol. The standard InChI is InChI=1S/C11H14ClNO2S/c12-10-4-3-9(16-10)11(15)13-8(5-6-14)7-1-2-7/h3-4,7-8,14H,1-2,5-6H2,(H,13,15). The van der Waals surface area contributed by atoms with Crippen LogP contribution in [-0.2, 0) is 0 Å². The molecule has 0 radical (unpaired) electrons. The molecule has 1 atom stereocenters. The first-order chi connectivity index (χ1) is 7.70. The molecule has 2 rings (SSSR count). The lowest BCUT2D eigenvalue weighted by molar-refractivity contribution is 0.0928. The molecule has 3 nitrogen and oxygen atoms in total. The fourth-order valence-electron chi connectivity index (χ4n) is 1.74. The highest BCUT2D eigenvalue weighted by Crippen LogP contribution is 2.34. The Balaban J connectivity index is 1.94. The van der Waals surface area contributed by atoms with E-state index in [4.69, 9.17) is 16.7 Å². The molecule has 1 unspecified atom stereocenters. The third-order valence-electron chi connectivity index (χ3n) is 2.74. The van der Waals surface area contributed by atoms with Gasteiger partial charge in [0.2, 0.25) is 0 Å². The second-order valence-electron chi connectivity index (χ2n) is 4.03. The summed E-state index contributed by atoms with van der Waals surface area (Å²) in [7, 11) is 0. The number of aliphatic hydroxyl groups is 1. The fraction of sp³-hybridized carbons (Fsp3) is 0.545. The van der Waals surface area contributed by atoms with Crippen LogP contribution in [0.1, 0.15) is 28.9 Å². The van der Waals surface area contributed by atoms with E-state index in [9.17, 15) is 4.79 Å². The average Bonchev–Trinajstić information content (AvgIpc) is 3.00. The Bertz CT molecular complexity index is 376. The van der Waals surface area contributed by atoms with Crippen molar-refractivity contribution in [2.45, 2.75) is 25.3 Å². The van der Waals surface area contributed by atoms with E-state index in [1.807, 2.05) is 0 Å². The van der Waals surface area contributed by atoms with Crippen LogP contribution in [0.3, 0.4) is 0 Å². The van der Waals surface area contributed by atoms with Crippen molar-refractivity contribution in [3.05, 3.63) is 21.3 Å². The van der Waals surface area contributed by atoms with Crippen molar-refractivity contribution in [3.8, 4) is 0 Å². The first-order valence-corrected chi connectivity index (χ1v) is 6.57. The number of rotatable bonds is 5. The lowest BCUT2D eigenvalue weighted by Crippen LogP contribution is -2.36. The zero-order chi connectivity index (χ0) is 11.5. The molecule has 0 aliphatic heterocycles. The molecule has 0 spiro atoms. The van der Waals surface area contributed by atoms with E-state index < -0.39 is 0 Å². The predicted molar refractivity (Wildman–Crippen MR) is 65.0 cm³/mol. The van der Waals surface area contributed by atoms with Gasteiger partial charge in [-0.2, -0.15) is 0 Å². The van der Waals surface area contributed by atoms with Gasteiger partial charge >= 0.3 is 0 Å². The van der Waals surface area contributed by atoms with Gasteiger partial charge < -0.3 is 10.4 Å². The highest BCUT2D eigenvalue weighted by Gasteiger charge is 2.32. The van der Waals surface area contributed by atoms with Crippen molar-refractivity contribution in [2.24, 2.45) is 5.92 Å². The molecule has 1 saturated carbocycles. The number of thiophene rings is 1. The Morgan fingerprint density at radius 1 is 1.62 bits per heavy atom. The lowest BCUT2D eigenvalue weighted by atomic mass is 10.1. The smallest absolute Gasteiger partial charge is 0.261 e. The van der Waals surface area contributed by atoms with E-state index in [1.54, 1.807) is 12.1 Å². The van der Waals surface area contributed by atoms with E-state index in [0.717, 1.165) is 12.8 Å². The van der Waals surface area contributed by atoms with Gasteiger partial charge in [-0.25, -0.2) is 0 Å². The van der Waals surface area contributed by atoms with Crippen LogP contribution in [0.5, 0.6) is 0 Å². The second kappa shape index (κ2) is 5.17. The van der Waals surface area contributed by atoms with Crippen LogP contribution in [0.15, 0.2) is 12.1 Å². The van der Waals surface area contributed by atoms with E-state index >= 15 is 0 Å². The van der Waals surface area contributed by atoms with Crippen LogP contribution in [-0.4, -0.2) is 23.7 Å². The topological polar surface area (TPSA) is 49.3 Å². The molecular formula is C11H14ClNO2S. The molecule has 0 aromatic carbocycles. The number of halogens is 1. The zero-order valence-corrected chi connectivity index (χ0v) is 10.4. The van der Waals surface area contributed by atoms with Gasteiger partial charge in [0.1, 0.15) is 0 Å². The summed E-state index contributed by atoms with van der Waals surface area (Å²) in [6, 6.07) is 3.56. The number of hydrogen-bond donors (Lipinski definition) is 2. The molecule has 1 aromatic rings. The van der Waals surface area contributed by atoms with Gasteiger partial charge in [-0.1, -0.05) is 11.6 Å². The van der Waals surface area contributed by atoms with Gasteiger partial charge in [0.15, 0.2) is 0 Å². The highest BCUT2D eigenvalue weighted by molar-refractivity contribution is 7.17. The van der Waals surface area contributed by atoms with Crippen LogP contribution < -0.4 is 5.32 Å². The van der Waals surface area contributed by atoms with Crippen LogP contribution >= 0.6 is 22.9 Å². The minimum absolute atomic E-state index is 0.0813. The molecule has 88 valence electrons. The maximum Gasteiger partial charge on any atom is 0.261 e. The molecule has 1 heterocycles. The van der Waals surface area contributed by atoms with Crippen LogP contribution in [0.2, 0.25) is 4.34 Å². The molecule has 16 heavy (non-hydrogen) atoms. The second-order valence-corrected chi connectivity index (χ2v) is 5.75. The first kappa shape index (κ1) is 11.9. The molecule has 2 N–H and O–H groups in total. The molecule has 1 aliphatic carbocycles. The molecule has 0 saturated heterocycles. The van der Waals surface area contributed by atoms with Gasteiger partial charge in [-0.05, 0) is 37.3 Å². The normalized spacial score (nSPS) is 17.1. The predicted octanol–water partition coefficient (Wildman–Crippen LogP) is 2.29. The number of carbonyl (C=O) groups is 1. The van der Waals surface area contributed by atoms with Crippen molar-refractivity contribution < 1.29 is 9.90 Å². The third kappa shape index (κ3) is 2.97. The summed E-state index contributed by atoms with van der Waals surface area (Å²) in [6.45, 7) is 0.118. The molecular weight excluding hydrogens is 246 g/mol. The van der Waals surface area contributed by atoms with Crippen LogP contribution in [0, 0.1) is 5.92 Å². The lowest BCUT2D eigenvalue weighted by Gasteiger charge is -2.16. The summed E-state index contributed by atoms with van der Waals surface area (Å²) in [5, 5.41) is 11.9. The minimum Gasteiger partial charge on any atom is -0.396 e. The number of nitrogens with one attached hydrogen (secondary N) is 1. The maximum absolute atomic E-state index is 11.8. The molecule has 1 aliphatic rings. The molecule has 1 fully saturated rings. The maximum atomic E-state index is 11.8. The summed E-state index contributed by atoms with van der Waals surface area (Å²) in [5.41, 5.74) is 0. The molecule has 1 aromatic heterocycles. The number of hydrogen-bond acceptors (Lipinski definition) is 3. The molecule has 1 amide bonds. The Labute approximate surface area is 103 Å². The van der Waals surface area contributed by atoms with Crippen LogP contribution in [0.4, 0.5) is 0 Å². The Morgan fingerprint density at radius 2 is 2.38 bits per heavy atom. The van der Waals surface area contributed by atoms with E-state index in [1.165, 1.54) is 11.3 Å². The van der Waals surface area contributed by atoms with Crippen molar-refractivity contribution >= 4 is 28.8 Å². The summed E-state index contributed by atoms with van der Waals surface area (Å²) < 4.78 is 0.621. The van der Waals surface area contributed by atoms with Gasteiger partial charge in [0.25, 0.3) is 5.91 Å². The monoisotopic (exact) mass is 259 g/mol. The van der Waals surface area contributed by atoms with Gasteiger partial charge in [0, 0.05) is 12.6 Å². The minimum atomic E-state index is -0.0813. The summed E-state index contributed by atoms with van der Waals surface area (Å²) in [6.07, 6.45) is 2.93. The number of aliphatic hydroxyl groups excluding tert-OH is 1. The van der Waals surface area contributed by atoms with Gasteiger partial charge in [-0.3, -0.25) is 4.79 Å². The van der Waals surface area contributed by atoms with Crippen molar-refractivity contribution in [3.63, 3.8) is 0 Å². The molecule has 5 heteroatoms. The van der Waals surface area contributed by atoms with E-state index in [-0.39, 0.29) is 18.6 Å². The summed E-state index contributed by atoms with van der Waals surface area (Å²) >= 11 is 7.05. The SMILES string of the molecule is O=C(NC(CCO)C1CC1)c1ccc(Cl)s1. The van der Waals surface area contributed by atoms with E-state index in [0.29, 0.717) is 21.6 Å². The Hall–Kier alpha value is -0.580. The van der Waals surface area contributed by atoms with E-state index in [2.05, 4.69) is 5.32 Å². The fourth-order valence-corrected chi connectivity index (χ4v) is 2.69. The number of amides is 1. The summed E-state index contributed by atoms with van der Waals surface area (Å²) in [4.78, 5) is 12.5. The Morgan fingerprint density at radius 3 is 2.88 bits per heavy atom. The quantitative estimate of drug-likeness (QED) is 0.853. The van der Waals surface area contributed by atoms with Crippen molar-refractivity contribution in [1.29, 1.82) is 0 Å². The summed E-state index contributed by atoms with van der Waals surface area (Å²) in [5.74, 6) is 0.466. The third-order valence-corrected chi connectivity index (χ3v) is 3.97. The highest BCUT2D eigenvalue weighted by atomic mass is 35.5. The first-order valence-electron chi connectivity index (χ1n) is 5.38. The van der Waals surface area contributed by atoms with Crippen LogP contribution in [0.25, 0.3) is 0 Å². The van der Waals surface area contributed by atoms with Gasteiger partial charge in [-0.15, -0.1) is 11.3 Å². The zero-order valence-electron chi connectivity index (χ0n) is 8.78. The number of carbonyl (C=O) groups excluding carboxylic acids is 1. The van der Waals surface area contributed by atoms with Crippen molar-refractivity contribution in [2.75, 3.05) is 6.61 Å².